The molecule has 0 aliphatic carbocycles. The fourth-order valence-corrected chi connectivity index (χ4v) is 2.69. The third kappa shape index (κ3) is 7.52. The molecule has 0 saturated carbocycles. The van der Waals surface area contributed by atoms with Gasteiger partial charge in [-0.2, -0.15) is 0 Å². The van der Waals surface area contributed by atoms with E-state index in [2.05, 4.69) is 39.2 Å². The van der Waals surface area contributed by atoms with Crippen LogP contribution in [-0.4, -0.2) is 19.3 Å². The normalized spacial score (nSPS) is 22.2. The predicted octanol–water partition coefficient (Wildman–Crippen LogP) is 5.39. The Balaban J connectivity index is 2.22. The zero-order valence-electron chi connectivity index (χ0n) is 14.8. The van der Waals surface area contributed by atoms with Crippen molar-refractivity contribution in [2.45, 2.75) is 96.6 Å². The van der Waals surface area contributed by atoms with Gasteiger partial charge in [0.2, 0.25) is 0 Å². The third-order valence-electron chi connectivity index (χ3n) is 4.36. The Morgan fingerprint density at radius 1 is 1.05 bits per heavy atom. The minimum absolute atomic E-state index is 0.119. The first kappa shape index (κ1) is 19.3. The van der Waals surface area contributed by atoms with Crippen molar-refractivity contribution in [2.24, 2.45) is 0 Å². The molecule has 3 unspecified atom stereocenters. The molecule has 0 aromatic rings. The van der Waals surface area contributed by atoms with E-state index in [0.29, 0.717) is 5.82 Å². The van der Waals surface area contributed by atoms with Crippen molar-refractivity contribution in [2.75, 3.05) is 0 Å². The lowest BCUT2D eigenvalue weighted by atomic mass is 9.68. The maximum Gasteiger partial charge on any atom is 0.462 e. The van der Waals surface area contributed by atoms with Crippen LogP contribution >= 0.6 is 0 Å². The van der Waals surface area contributed by atoms with E-state index in [9.17, 15) is 0 Å². The first-order valence-electron chi connectivity index (χ1n) is 9.06. The van der Waals surface area contributed by atoms with Gasteiger partial charge in [0.05, 0.1) is 12.2 Å². The van der Waals surface area contributed by atoms with Gasteiger partial charge >= 0.3 is 7.12 Å². The molecular weight excluding hydrogens is 271 g/mol. The monoisotopic (exact) mass is 304 g/mol. The van der Waals surface area contributed by atoms with Crippen molar-refractivity contribution >= 4 is 7.12 Å². The van der Waals surface area contributed by atoms with Crippen molar-refractivity contribution in [3.8, 4) is 11.8 Å². The summed E-state index contributed by atoms with van der Waals surface area (Å²) in [5.74, 6) is 6.94. The molecule has 124 valence electrons. The second-order valence-electron chi connectivity index (χ2n) is 6.41. The second-order valence-corrected chi connectivity index (χ2v) is 6.41. The van der Waals surface area contributed by atoms with Crippen molar-refractivity contribution < 1.29 is 9.31 Å². The first-order valence-corrected chi connectivity index (χ1v) is 9.06. The zero-order chi connectivity index (χ0) is 16.2. The number of hydrogen-bond acceptors (Lipinski definition) is 2. The lowest BCUT2D eigenvalue weighted by Gasteiger charge is -2.14. The van der Waals surface area contributed by atoms with E-state index in [0.717, 1.165) is 19.3 Å². The van der Waals surface area contributed by atoms with Gasteiger partial charge < -0.3 is 9.31 Å². The van der Waals surface area contributed by atoms with Crippen LogP contribution in [0.15, 0.2) is 12.7 Å². The van der Waals surface area contributed by atoms with Crippen LogP contribution in [0.1, 0.15) is 78.6 Å². The van der Waals surface area contributed by atoms with Gasteiger partial charge in [-0.3, -0.25) is 0 Å². The summed E-state index contributed by atoms with van der Waals surface area (Å²) in [6.07, 6.45) is 13.0. The fourth-order valence-electron chi connectivity index (χ4n) is 2.69. The highest BCUT2D eigenvalue weighted by Gasteiger charge is 2.39. The van der Waals surface area contributed by atoms with Crippen LogP contribution in [0.3, 0.4) is 0 Å². The van der Waals surface area contributed by atoms with Gasteiger partial charge in [-0.05, 0) is 26.7 Å². The smallest absolute Gasteiger partial charge is 0.406 e. The standard InChI is InChI=1S/C19H33BO2/c1-5-7-8-9-10-11-12-13-14-16-19(15-6-2)20-21-17(3)18(4)22-20/h6,17-19H,2,5,7-12,15-16H2,1,3-4H3. The number of allylic oxidation sites excluding steroid dienone is 1. The highest BCUT2D eigenvalue weighted by molar-refractivity contribution is 6.47. The molecule has 0 aromatic carbocycles. The SMILES string of the molecule is C=CCC(CC#CCCCCCCCC)B1OC(C)C(C)O1. The predicted molar refractivity (Wildman–Crippen MR) is 95.8 cm³/mol. The van der Waals surface area contributed by atoms with Crippen LogP contribution in [0.25, 0.3) is 0 Å². The van der Waals surface area contributed by atoms with Gasteiger partial charge in [0.1, 0.15) is 0 Å². The summed E-state index contributed by atoms with van der Waals surface area (Å²) in [5, 5.41) is 0. The van der Waals surface area contributed by atoms with Crippen LogP contribution in [0, 0.1) is 11.8 Å². The molecule has 1 heterocycles. The van der Waals surface area contributed by atoms with Crippen molar-refractivity contribution in [3.05, 3.63) is 12.7 Å². The number of rotatable bonds is 10. The van der Waals surface area contributed by atoms with Crippen LogP contribution in [0.5, 0.6) is 0 Å². The van der Waals surface area contributed by atoms with E-state index in [4.69, 9.17) is 9.31 Å². The summed E-state index contributed by atoms with van der Waals surface area (Å²) >= 11 is 0. The maximum absolute atomic E-state index is 5.88. The molecule has 0 amide bonds. The molecule has 1 saturated heterocycles. The quantitative estimate of drug-likeness (QED) is 0.233. The average Bonchev–Trinajstić information content (AvgIpc) is 2.84. The Bertz CT molecular complexity index is 348. The van der Waals surface area contributed by atoms with E-state index in [1.54, 1.807) is 0 Å². The minimum Gasteiger partial charge on any atom is -0.406 e. The molecule has 0 bridgehead atoms. The van der Waals surface area contributed by atoms with Crippen molar-refractivity contribution in [1.29, 1.82) is 0 Å². The highest BCUT2D eigenvalue weighted by Crippen LogP contribution is 2.29. The van der Waals surface area contributed by atoms with Crippen LogP contribution in [0.4, 0.5) is 0 Å². The molecule has 0 spiro atoms. The Hall–Kier alpha value is -0.715. The lowest BCUT2D eigenvalue weighted by molar-refractivity contribution is 0.187. The average molecular weight is 304 g/mol. The molecular formula is C19H33BO2. The molecule has 22 heavy (non-hydrogen) atoms. The van der Waals surface area contributed by atoms with Crippen LogP contribution in [-0.2, 0) is 9.31 Å². The van der Waals surface area contributed by atoms with Gasteiger partial charge in [0, 0.05) is 18.7 Å². The molecule has 1 aliphatic heterocycles. The Labute approximate surface area is 138 Å². The van der Waals surface area contributed by atoms with Gasteiger partial charge in [-0.25, -0.2) is 0 Å². The van der Waals surface area contributed by atoms with Gasteiger partial charge in [0.25, 0.3) is 0 Å². The van der Waals surface area contributed by atoms with Crippen molar-refractivity contribution in [3.63, 3.8) is 0 Å². The van der Waals surface area contributed by atoms with E-state index in [-0.39, 0.29) is 19.3 Å². The van der Waals surface area contributed by atoms with E-state index in [1.807, 2.05) is 6.08 Å². The third-order valence-corrected chi connectivity index (χ3v) is 4.36. The Morgan fingerprint density at radius 3 is 2.32 bits per heavy atom. The van der Waals surface area contributed by atoms with E-state index in [1.165, 1.54) is 38.5 Å². The van der Waals surface area contributed by atoms with Crippen LogP contribution < -0.4 is 0 Å². The van der Waals surface area contributed by atoms with E-state index < -0.39 is 0 Å². The summed E-state index contributed by atoms with van der Waals surface area (Å²) in [4.78, 5) is 0. The number of unbranched alkanes of at least 4 members (excludes halogenated alkanes) is 6. The summed E-state index contributed by atoms with van der Waals surface area (Å²) in [5.41, 5.74) is 0. The maximum atomic E-state index is 5.88. The zero-order valence-corrected chi connectivity index (χ0v) is 14.8. The molecule has 3 atom stereocenters. The molecule has 3 heteroatoms. The topological polar surface area (TPSA) is 18.5 Å². The minimum atomic E-state index is -0.119. The lowest BCUT2D eigenvalue weighted by Crippen LogP contribution is -2.23. The molecule has 0 radical (unpaired) electrons. The summed E-state index contributed by atoms with van der Waals surface area (Å²) in [7, 11) is -0.119. The number of hydrogen-bond donors (Lipinski definition) is 0. The molecule has 0 aromatic heterocycles. The van der Waals surface area contributed by atoms with Gasteiger partial charge in [-0.1, -0.05) is 45.1 Å². The van der Waals surface area contributed by atoms with Crippen LogP contribution in [0.2, 0.25) is 5.82 Å². The Kier molecular flexibility index (Phi) is 10.4. The van der Waals surface area contributed by atoms with Crippen molar-refractivity contribution in [1.82, 2.24) is 0 Å². The summed E-state index contributed by atoms with van der Waals surface area (Å²) < 4.78 is 11.8. The van der Waals surface area contributed by atoms with E-state index >= 15 is 0 Å². The molecule has 0 N–H and O–H groups in total. The first-order chi connectivity index (χ1) is 10.7. The van der Waals surface area contributed by atoms with Gasteiger partial charge in [0.15, 0.2) is 0 Å². The largest absolute Gasteiger partial charge is 0.462 e. The molecule has 1 fully saturated rings. The molecule has 1 aliphatic rings. The molecule has 2 nitrogen and oxygen atoms in total. The second kappa shape index (κ2) is 11.8. The van der Waals surface area contributed by atoms with Gasteiger partial charge in [-0.15, -0.1) is 18.4 Å². The Morgan fingerprint density at radius 2 is 1.68 bits per heavy atom. The summed E-state index contributed by atoms with van der Waals surface area (Å²) in [6.45, 7) is 10.2. The molecule has 1 rings (SSSR count). The highest BCUT2D eigenvalue weighted by atomic mass is 16.7. The summed E-state index contributed by atoms with van der Waals surface area (Å²) in [6, 6.07) is 0. The fraction of sp³-hybridized carbons (Fsp3) is 0.789.